The zero-order valence-corrected chi connectivity index (χ0v) is 14.4. The van der Waals surface area contributed by atoms with Gasteiger partial charge in [0.2, 0.25) is 0 Å². The van der Waals surface area contributed by atoms with Crippen molar-refractivity contribution in [3.8, 4) is 11.3 Å². The van der Waals surface area contributed by atoms with Crippen LogP contribution in [0.3, 0.4) is 0 Å². The van der Waals surface area contributed by atoms with Crippen LogP contribution in [0.25, 0.3) is 11.3 Å². The van der Waals surface area contributed by atoms with Crippen LogP contribution < -0.4 is 0 Å². The van der Waals surface area contributed by atoms with E-state index in [-0.39, 0.29) is 5.82 Å². The fourth-order valence-electron chi connectivity index (χ4n) is 2.81. The Labute approximate surface area is 137 Å². The van der Waals surface area contributed by atoms with E-state index in [1.54, 1.807) is 12.1 Å². The normalized spacial score (nSPS) is 12.1. The molecule has 4 nitrogen and oxygen atoms in total. The summed E-state index contributed by atoms with van der Waals surface area (Å²) in [5.41, 5.74) is 2.32. The van der Waals surface area contributed by atoms with Gasteiger partial charge in [0.25, 0.3) is 0 Å². The molecule has 0 fully saturated rings. The number of aromatic nitrogens is 2. The summed E-state index contributed by atoms with van der Waals surface area (Å²) in [6.45, 7) is 5.19. The van der Waals surface area contributed by atoms with E-state index in [0.717, 1.165) is 36.3 Å². The molecule has 0 aliphatic carbocycles. The minimum Gasteiger partial charge on any atom is -0.389 e. The van der Waals surface area contributed by atoms with Crippen molar-refractivity contribution in [1.82, 2.24) is 14.7 Å². The van der Waals surface area contributed by atoms with E-state index in [0.29, 0.717) is 6.54 Å². The van der Waals surface area contributed by atoms with Crippen molar-refractivity contribution < 1.29 is 9.50 Å². The van der Waals surface area contributed by atoms with Crippen LogP contribution in [0.5, 0.6) is 0 Å². The highest BCUT2D eigenvalue weighted by molar-refractivity contribution is 5.59. The van der Waals surface area contributed by atoms with Crippen LogP contribution in [0.2, 0.25) is 0 Å². The number of nitrogens with zero attached hydrogens (tertiary/aromatic N) is 3. The minimum absolute atomic E-state index is 0.231. The second kappa shape index (κ2) is 7.23. The van der Waals surface area contributed by atoms with Crippen LogP contribution in [0, 0.1) is 5.82 Å². The molecule has 1 aromatic heterocycles. The largest absolute Gasteiger partial charge is 0.389 e. The smallest absolute Gasteiger partial charge is 0.123 e. The van der Waals surface area contributed by atoms with Gasteiger partial charge in [-0.3, -0.25) is 4.68 Å². The van der Waals surface area contributed by atoms with E-state index in [1.807, 2.05) is 32.6 Å². The molecule has 0 atom stereocenters. The lowest BCUT2D eigenvalue weighted by atomic mass is 10.1. The Balaban J connectivity index is 1.92. The molecule has 0 unspecified atom stereocenters. The van der Waals surface area contributed by atoms with Crippen LogP contribution >= 0.6 is 0 Å². The average molecular weight is 319 g/mol. The average Bonchev–Trinajstić information content (AvgIpc) is 2.79. The molecule has 2 aromatic rings. The van der Waals surface area contributed by atoms with Gasteiger partial charge >= 0.3 is 0 Å². The molecule has 0 aliphatic rings. The van der Waals surface area contributed by atoms with Gasteiger partial charge in [0.15, 0.2) is 0 Å². The third-order valence-electron chi connectivity index (χ3n) is 3.70. The van der Waals surface area contributed by atoms with Crippen molar-refractivity contribution in [3.05, 3.63) is 41.8 Å². The number of halogens is 1. The van der Waals surface area contributed by atoms with Gasteiger partial charge in [-0.25, -0.2) is 4.39 Å². The predicted molar refractivity (Wildman–Crippen MR) is 90.7 cm³/mol. The first-order valence-corrected chi connectivity index (χ1v) is 7.94. The Kier molecular flexibility index (Phi) is 5.55. The highest BCUT2D eigenvalue weighted by Crippen LogP contribution is 2.20. The van der Waals surface area contributed by atoms with Crippen LogP contribution in [-0.2, 0) is 13.5 Å². The molecule has 0 saturated carbocycles. The Hall–Kier alpha value is -1.72. The molecule has 5 heteroatoms. The maximum atomic E-state index is 13.0. The van der Waals surface area contributed by atoms with E-state index in [1.165, 1.54) is 12.1 Å². The van der Waals surface area contributed by atoms with Crippen LogP contribution in [0.1, 0.15) is 26.0 Å². The van der Waals surface area contributed by atoms with E-state index < -0.39 is 5.60 Å². The van der Waals surface area contributed by atoms with Crippen LogP contribution in [-0.4, -0.2) is 45.5 Å². The second-order valence-electron chi connectivity index (χ2n) is 6.81. The number of benzene rings is 1. The molecule has 0 radical (unpaired) electrons. The third kappa shape index (κ3) is 5.44. The Morgan fingerprint density at radius 2 is 1.91 bits per heavy atom. The lowest BCUT2D eigenvalue weighted by molar-refractivity contribution is 0.0444. The number of aryl methyl sites for hydroxylation is 2. The third-order valence-corrected chi connectivity index (χ3v) is 3.70. The van der Waals surface area contributed by atoms with Crippen molar-refractivity contribution in [2.75, 3.05) is 20.1 Å². The highest BCUT2D eigenvalue weighted by atomic mass is 19.1. The van der Waals surface area contributed by atoms with Crippen LogP contribution in [0.15, 0.2) is 30.3 Å². The van der Waals surface area contributed by atoms with E-state index >= 15 is 0 Å². The van der Waals surface area contributed by atoms with E-state index in [9.17, 15) is 9.50 Å². The monoisotopic (exact) mass is 319 g/mol. The molecular weight excluding hydrogens is 293 g/mol. The van der Waals surface area contributed by atoms with Gasteiger partial charge in [-0.1, -0.05) is 0 Å². The summed E-state index contributed by atoms with van der Waals surface area (Å²) in [5, 5.41) is 14.3. The van der Waals surface area contributed by atoms with Gasteiger partial charge in [0.1, 0.15) is 5.82 Å². The van der Waals surface area contributed by atoms with Crippen molar-refractivity contribution in [1.29, 1.82) is 0 Å². The standard InChI is InChI=1S/C18H26FN3O/c1-18(2,23)13-21(3)11-5-6-16-12-17(22(4)20-16)14-7-9-15(19)10-8-14/h7-10,12,23H,5-6,11,13H2,1-4H3. The van der Waals surface area contributed by atoms with Crippen molar-refractivity contribution >= 4 is 0 Å². The molecule has 1 N–H and O–H groups in total. The van der Waals surface area contributed by atoms with Crippen molar-refractivity contribution in [2.45, 2.75) is 32.3 Å². The maximum Gasteiger partial charge on any atom is 0.123 e. The number of hydrogen-bond donors (Lipinski definition) is 1. The minimum atomic E-state index is -0.671. The topological polar surface area (TPSA) is 41.3 Å². The van der Waals surface area contributed by atoms with Gasteiger partial charge in [-0.2, -0.15) is 5.10 Å². The zero-order chi connectivity index (χ0) is 17.0. The molecule has 0 spiro atoms. The molecular formula is C18H26FN3O. The summed E-state index contributed by atoms with van der Waals surface area (Å²) in [4.78, 5) is 2.13. The molecule has 23 heavy (non-hydrogen) atoms. The molecule has 0 saturated heterocycles. The maximum absolute atomic E-state index is 13.0. The quantitative estimate of drug-likeness (QED) is 0.853. The lowest BCUT2D eigenvalue weighted by Gasteiger charge is -2.25. The van der Waals surface area contributed by atoms with Crippen LogP contribution in [0.4, 0.5) is 4.39 Å². The first kappa shape index (κ1) is 17.6. The van der Waals surface area contributed by atoms with E-state index in [2.05, 4.69) is 16.1 Å². The predicted octanol–water partition coefficient (Wildman–Crippen LogP) is 2.86. The van der Waals surface area contributed by atoms with Gasteiger partial charge in [0.05, 0.1) is 17.0 Å². The van der Waals surface area contributed by atoms with Gasteiger partial charge in [-0.05, 0) is 76.2 Å². The van der Waals surface area contributed by atoms with E-state index in [4.69, 9.17) is 0 Å². The van der Waals surface area contributed by atoms with Gasteiger partial charge in [0, 0.05) is 13.6 Å². The molecule has 1 aromatic carbocycles. The highest BCUT2D eigenvalue weighted by Gasteiger charge is 2.15. The van der Waals surface area contributed by atoms with Gasteiger partial charge < -0.3 is 10.0 Å². The second-order valence-corrected chi connectivity index (χ2v) is 6.81. The summed E-state index contributed by atoms with van der Waals surface area (Å²) in [6.07, 6.45) is 1.86. The number of rotatable bonds is 7. The van der Waals surface area contributed by atoms with Gasteiger partial charge in [-0.15, -0.1) is 0 Å². The molecule has 0 amide bonds. The number of hydrogen-bond acceptors (Lipinski definition) is 3. The van der Waals surface area contributed by atoms with Crippen molar-refractivity contribution in [3.63, 3.8) is 0 Å². The number of aliphatic hydroxyl groups is 1. The Morgan fingerprint density at radius 1 is 1.26 bits per heavy atom. The number of likely N-dealkylation sites (N-methyl/N-ethyl adjacent to an activating group) is 1. The van der Waals surface area contributed by atoms with Crippen molar-refractivity contribution in [2.24, 2.45) is 7.05 Å². The summed E-state index contributed by atoms with van der Waals surface area (Å²) in [5.74, 6) is -0.231. The summed E-state index contributed by atoms with van der Waals surface area (Å²) in [6, 6.07) is 8.53. The zero-order valence-electron chi connectivity index (χ0n) is 14.4. The molecule has 0 bridgehead atoms. The first-order chi connectivity index (χ1) is 10.7. The molecule has 2 rings (SSSR count). The lowest BCUT2D eigenvalue weighted by Crippen LogP contribution is -2.36. The fourth-order valence-corrected chi connectivity index (χ4v) is 2.81. The fraction of sp³-hybridized carbons (Fsp3) is 0.500. The molecule has 0 aliphatic heterocycles. The molecule has 1 heterocycles. The Bertz CT molecular complexity index is 629. The molecule has 126 valence electrons. The summed E-state index contributed by atoms with van der Waals surface area (Å²) < 4.78 is 14.9. The summed E-state index contributed by atoms with van der Waals surface area (Å²) in [7, 11) is 3.92. The summed E-state index contributed by atoms with van der Waals surface area (Å²) >= 11 is 0. The Morgan fingerprint density at radius 3 is 2.52 bits per heavy atom. The SMILES string of the molecule is CN(CCCc1cc(-c2ccc(F)cc2)n(C)n1)CC(C)(C)O. The first-order valence-electron chi connectivity index (χ1n) is 7.94.